The van der Waals surface area contributed by atoms with Gasteiger partial charge in [-0.3, -0.25) is 4.98 Å². The Labute approximate surface area is 336 Å². The number of aryl methyl sites for hydroxylation is 3. The molecule has 0 amide bonds. The van der Waals surface area contributed by atoms with Gasteiger partial charge in [-0.1, -0.05) is 62.2 Å². The number of benzene rings is 4. The first-order valence-corrected chi connectivity index (χ1v) is 18.2. The molecule has 4 aromatic carbocycles. The van der Waals surface area contributed by atoms with Crippen LogP contribution >= 0.6 is 0 Å². The molecule has 0 N–H and O–H groups in total. The average molecular weight is 899 g/mol. The Bertz CT molecular complexity index is 2690. The van der Waals surface area contributed by atoms with Crippen LogP contribution in [0.25, 0.3) is 38.8 Å². The van der Waals surface area contributed by atoms with E-state index in [4.69, 9.17) is 14.7 Å². The third-order valence-electron chi connectivity index (χ3n) is 10.1. The molecule has 4 aromatic heterocycles. The zero-order valence-electron chi connectivity index (χ0n) is 31.5. The van der Waals surface area contributed by atoms with E-state index in [9.17, 15) is 0 Å². The molecule has 5 heterocycles. The van der Waals surface area contributed by atoms with E-state index in [0.717, 1.165) is 56.1 Å². The topological polar surface area (TPSA) is 59.3 Å². The number of hydrogen-bond acceptors (Lipinski definition) is 6. The number of rotatable bonds is 6. The Kier molecular flexibility index (Phi) is 9.30. The van der Waals surface area contributed by atoms with Gasteiger partial charge in [0.25, 0.3) is 0 Å². The van der Waals surface area contributed by atoms with E-state index in [-0.39, 0.29) is 26.5 Å². The van der Waals surface area contributed by atoms with Crippen molar-refractivity contribution < 1.29 is 25.8 Å². The molecule has 1 aliphatic heterocycles. The van der Waals surface area contributed by atoms with Crippen molar-refractivity contribution in [3.05, 3.63) is 163 Å². The Morgan fingerprint density at radius 2 is 1.47 bits per heavy atom. The summed E-state index contributed by atoms with van der Waals surface area (Å²) in [4.78, 5) is 18.3. The molecule has 9 rings (SSSR count). The van der Waals surface area contributed by atoms with Crippen LogP contribution in [-0.2, 0) is 26.5 Å². The molecule has 0 unspecified atom stereocenters. The number of fused-ring (bicyclic) bond motifs is 4. The fraction of sp³-hybridized carbons (Fsp3) is 0.149. The maximum Gasteiger partial charge on any atom is 0.135 e. The van der Waals surface area contributed by atoms with Gasteiger partial charge in [-0.05, 0) is 90.2 Å². The average Bonchev–Trinajstić information content (AvgIpc) is 3.71. The molecular weight excluding hydrogens is 860 g/mol. The van der Waals surface area contributed by atoms with Crippen LogP contribution in [-0.4, -0.2) is 19.5 Å². The van der Waals surface area contributed by atoms with E-state index in [2.05, 4.69) is 140 Å². The van der Waals surface area contributed by atoms with Gasteiger partial charge in [-0.2, -0.15) is 12.1 Å². The van der Waals surface area contributed by atoms with Gasteiger partial charge >= 0.3 is 0 Å². The molecule has 1 aliphatic rings. The number of nitrogens with zero attached hydrogens (tertiary/aromatic N) is 6. The van der Waals surface area contributed by atoms with E-state index in [0.29, 0.717) is 11.5 Å². The van der Waals surface area contributed by atoms with E-state index < -0.39 is 0 Å². The summed E-state index contributed by atoms with van der Waals surface area (Å²) in [7, 11) is 0. The summed E-state index contributed by atoms with van der Waals surface area (Å²) in [5, 5.41) is 2.22. The summed E-state index contributed by atoms with van der Waals surface area (Å²) < 4.78 is 8.69. The maximum absolute atomic E-state index is 6.51. The molecule has 55 heavy (non-hydrogen) atoms. The van der Waals surface area contributed by atoms with E-state index in [1.54, 1.807) is 6.20 Å². The van der Waals surface area contributed by atoms with Crippen LogP contribution in [0.15, 0.2) is 122 Å². The molecule has 8 aromatic rings. The van der Waals surface area contributed by atoms with Crippen molar-refractivity contribution in [1.82, 2.24) is 19.5 Å². The van der Waals surface area contributed by atoms with Crippen LogP contribution in [0.5, 0.6) is 11.5 Å². The van der Waals surface area contributed by atoms with Crippen LogP contribution in [0, 0.1) is 39.6 Å². The molecule has 276 valence electrons. The third-order valence-corrected chi connectivity index (χ3v) is 10.1. The van der Waals surface area contributed by atoms with Crippen molar-refractivity contribution in [2.24, 2.45) is 0 Å². The van der Waals surface area contributed by atoms with Gasteiger partial charge in [0.2, 0.25) is 0 Å². The monoisotopic (exact) mass is 898 g/mol. The molecule has 0 saturated carbocycles. The van der Waals surface area contributed by atoms with Crippen molar-refractivity contribution in [2.75, 3.05) is 9.80 Å². The van der Waals surface area contributed by atoms with E-state index in [1.165, 1.54) is 27.8 Å². The number of ether oxygens (including phenoxy) is 1. The van der Waals surface area contributed by atoms with E-state index >= 15 is 0 Å². The van der Waals surface area contributed by atoms with Gasteiger partial charge in [-0.15, -0.1) is 48.1 Å². The summed E-state index contributed by atoms with van der Waals surface area (Å²) in [6.07, 6.45) is 7.52. The van der Waals surface area contributed by atoms with Gasteiger partial charge in [0.1, 0.15) is 11.6 Å². The number of para-hydroxylation sites is 1. The summed E-state index contributed by atoms with van der Waals surface area (Å²) in [5.74, 6) is 2.81. The molecule has 0 radical (unpaired) electrons. The fourth-order valence-electron chi connectivity index (χ4n) is 7.63. The molecular formula is C47H39N6OPt-3. The second-order valence-electron chi connectivity index (χ2n) is 15.0. The van der Waals surface area contributed by atoms with Gasteiger partial charge in [0.15, 0.2) is 0 Å². The number of aromatic nitrogens is 4. The number of anilines is 4. The van der Waals surface area contributed by atoms with Gasteiger partial charge in [0.05, 0.1) is 11.9 Å². The minimum Gasteiger partial charge on any atom is -0.509 e. The zero-order chi connectivity index (χ0) is 37.1. The minimum atomic E-state index is -0.0165. The second kappa shape index (κ2) is 14.1. The first-order chi connectivity index (χ1) is 26.1. The molecule has 0 saturated heterocycles. The normalized spacial score (nSPS) is 12.6. The zero-order valence-corrected chi connectivity index (χ0v) is 33.8. The van der Waals surface area contributed by atoms with E-state index in [1.807, 2.05) is 55.6 Å². The first-order valence-electron chi connectivity index (χ1n) is 18.2. The number of hydrogen-bond donors (Lipinski definition) is 0. The molecule has 7 nitrogen and oxygen atoms in total. The van der Waals surface area contributed by atoms with Crippen LogP contribution in [0.3, 0.4) is 0 Å². The molecule has 0 spiro atoms. The Hall–Kier alpha value is -5.78. The standard InChI is InChI=1S/C47H39N6O.Pt/c1-30-22-31(2)46(32(3)23-30)33-14-17-44(50-27-33)52-29-51(41-19-20-48-28-43(41)52)35-10-9-11-36(25-35)54-37-15-16-39-38-12-7-8-13-40(38)53(42(39)26-37)45-24-34(18-21-49-45)47(4,5)6;/h7-24,27-29H,1-6H3;/q-3;. The third kappa shape index (κ3) is 6.57. The summed E-state index contributed by atoms with van der Waals surface area (Å²) in [6.45, 7) is 15.1. The van der Waals surface area contributed by atoms with Gasteiger partial charge < -0.3 is 19.1 Å². The smallest absolute Gasteiger partial charge is 0.135 e. The minimum absolute atomic E-state index is 0. The van der Waals surface area contributed by atoms with Gasteiger partial charge in [-0.25, -0.2) is 9.97 Å². The molecule has 0 fully saturated rings. The quantitative estimate of drug-likeness (QED) is 0.155. The van der Waals surface area contributed by atoms with Crippen molar-refractivity contribution >= 4 is 44.7 Å². The van der Waals surface area contributed by atoms with Crippen molar-refractivity contribution in [2.45, 2.75) is 47.0 Å². The first kappa shape index (κ1) is 36.2. The number of pyridine rings is 3. The summed E-state index contributed by atoms with van der Waals surface area (Å²) in [5.41, 5.74) is 12.0. The van der Waals surface area contributed by atoms with Crippen LogP contribution < -0.4 is 14.5 Å². The Morgan fingerprint density at radius 1 is 0.673 bits per heavy atom. The summed E-state index contributed by atoms with van der Waals surface area (Å²) in [6, 6.07) is 40.4. The predicted molar refractivity (Wildman–Crippen MR) is 218 cm³/mol. The largest absolute Gasteiger partial charge is 0.509 e. The molecule has 0 bridgehead atoms. The second-order valence-corrected chi connectivity index (χ2v) is 15.0. The SMILES string of the molecule is Cc1cc(C)c(-c2ccc(N3[CH-]N(c4[c-]c(Oc5[c-]c6c(cc5)c5ccccc5n6-c5cc(C(C)(C)C)ccn5)ccc4)c4ccncc43)nc2)c(C)c1.[Pt]. The van der Waals surface area contributed by atoms with Crippen molar-refractivity contribution in [3.8, 4) is 28.4 Å². The van der Waals surface area contributed by atoms with Crippen LogP contribution in [0.1, 0.15) is 43.0 Å². The Balaban J connectivity index is 0.00000427. The molecule has 0 atom stereocenters. The molecule has 0 aliphatic carbocycles. The summed E-state index contributed by atoms with van der Waals surface area (Å²) >= 11 is 0. The Morgan fingerprint density at radius 3 is 2.25 bits per heavy atom. The van der Waals surface area contributed by atoms with Crippen molar-refractivity contribution in [3.63, 3.8) is 0 Å². The van der Waals surface area contributed by atoms with Crippen LogP contribution in [0.4, 0.5) is 22.9 Å². The predicted octanol–water partition coefficient (Wildman–Crippen LogP) is 11.7. The van der Waals surface area contributed by atoms with Gasteiger partial charge in [0, 0.05) is 67.9 Å². The molecule has 8 heteroatoms. The van der Waals surface area contributed by atoms with Crippen molar-refractivity contribution in [1.29, 1.82) is 0 Å². The maximum atomic E-state index is 6.51. The van der Waals surface area contributed by atoms with Crippen LogP contribution in [0.2, 0.25) is 0 Å². The fourth-order valence-corrected chi connectivity index (χ4v) is 7.63.